The molecule has 0 radical (unpaired) electrons. The van der Waals surface area contributed by atoms with Gasteiger partial charge in [-0.05, 0) is 26.2 Å². The van der Waals surface area contributed by atoms with E-state index in [-0.39, 0.29) is 30.5 Å². The Morgan fingerprint density at radius 3 is 2.82 bits per heavy atom. The molecule has 5 heteroatoms. The Morgan fingerprint density at radius 1 is 1.41 bits per heavy atom. The van der Waals surface area contributed by atoms with Crippen LogP contribution in [-0.2, 0) is 9.53 Å². The molecule has 17 heavy (non-hydrogen) atoms. The molecule has 2 fully saturated rings. The summed E-state index contributed by atoms with van der Waals surface area (Å²) in [4.78, 5) is 14.2. The summed E-state index contributed by atoms with van der Waals surface area (Å²) in [7, 11) is 0. The van der Waals surface area contributed by atoms with Gasteiger partial charge in [-0.1, -0.05) is 6.42 Å². The molecule has 0 aromatic heterocycles. The molecule has 2 aliphatic rings. The maximum atomic E-state index is 12.3. The molecule has 0 bridgehead atoms. The highest BCUT2D eigenvalue weighted by molar-refractivity contribution is 5.85. The fraction of sp³-hybridized carbons (Fsp3) is 0.917. The maximum absolute atomic E-state index is 12.3. The lowest BCUT2D eigenvalue weighted by Crippen LogP contribution is -2.48. The van der Waals surface area contributed by atoms with Crippen LogP contribution in [-0.4, -0.2) is 42.6 Å². The number of amides is 1. The summed E-state index contributed by atoms with van der Waals surface area (Å²) in [6.07, 6.45) is 4.22. The first-order valence-electron chi connectivity index (χ1n) is 6.33. The largest absolute Gasteiger partial charge is 0.375 e. The highest BCUT2D eigenvalue weighted by Gasteiger charge is 2.30. The Kier molecular flexibility index (Phi) is 5.70. The molecular weight excluding hydrogens is 240 g/mol. The van der Waals surface area contributed by atoms with E-state index in [1.54, 1.807) is 0 Å². The second-order valence-corrected chi connectivity index (χ2v) is 5.09. The molecule has 3 atom stereocenters. The number of halogens is 1. The lowest BCUT2D eigenvalue weighted by molar-refractivity contribution is -0.143. The first-order valence-corrected chi connectivity index (χ1v) is 6.33. The van der Waals surface area contributed by atoms with Gasteiger partial charge in [0.15, 0.2) is 0 Å². The molecule has 0 aromatic rings. The van der Waals surface area contributed by atoms with Crippen molar-refractivity contribution in [1.82, 2.24) is 4.90 Å². The van der Waals surface area contributed by atoms with Crippen molar-refractivity contribution in [2.75, 3.05) is 19.7 Å². The molecule has 1 aliphatic heterocycles. The second-order valence-electron chi connectivity index (χ2n) is 5.09. The molecule has 0 spiro atoms. The Balaban J connectivity index is 0.00000144. The third kappa shape index (κ3) is 3.83. The van der Waals surface area contributed by atoms with Crippen molar-refractivity contribution in [2.24, 2.45) is 11.7 Å². The van der Waals surface area contributed by atoms with Crippen LogP contribution in [0.1, 0.15) is 32.6 Å². The number of hydrogen-bond donors (Lipinski definition) is 1. The van der Waals surface area contributed by atoms with Crippen LogP contribution >= 0.6 is 12.4 Å². The number of ether oxygens (including phenoxy) is 1. The van der Waals surface area contributed by atoms with Crippen molar-refractivity contribution in [3.63, 3.8) is 0 Å². The average molecular weight is 263 g/mol. The van der Waals surface area contributed by atoms with E-state index < -0.39 is 0 Å². The summed E-state index contributed by atoms with van der Waals surface area (Å²) >= 11 is 0. The van der Waals surface area contributed by atoms with E-state index in [0.29, 0.717) is 12.5 Å². The maximum Gasteiger partial charge on any atom is 0.225 e. The van der Waals surface area contributed by atoms with E-state index in [1.165, 1.54) is 0 Å². The predicted molar refractivity (Wildman–Crippen MR) is 69.2 cm³/mol. The zero-order valence-electron chi connectivity index (χ0n) is 10.4. The van der Waals surface area contributed by atoms with E-state index in [9.17, 15) is 4.79 Å². The third-order valence-corrected chi connectivity index (χ3v) is 3.62. The van der Waals surface area contributed by atoms with Crippen molar-refractivity contribution in [1.29, 1.82) is 0 Å². The Morgan fingerprint density at radius 2 is 2.18 bits per heavy atom. The van der Waals surface area contributed by atoms with Gasteiger partial charge in [0, 0.05) is 25.0 Å². The quantitative estimate of drug-likeness (QED) is 0.772. The summed E-state index contributed by atoms with van der Waals surface area (Å²) in [5.41, 5.74) is 5.92. The van der Waals surface area contributed by atoms with Crippen molar-refractivity contribution >= 4 is 18.3 Å². The summed E-state index contributed by atoms with van der Waals surface area (Å²) in [6.45, 7) is 4.18. The molecule has 2 N–H and O–H groups in total. The molecular formula is C12H23ClN2O2. The number of carbonyl (C=O) groups is 1. The molecule has 1 aliphatic carbocycles. The summed E-state index contributed by atoms with van der Waals surface area (Å²) in [5, 5.41) is 0. The van der Waals surface area contributed by atoms with Gasteiger partial charge >= 0.3 is 0 Å². The van der Waals surface area contributed by atoms with Gasteiger partial charge in [0.1, 0.15) is 0 Å². The Labute approximate surface area is 109 Å². The van der Waals surface area contributed by atoms with E-state index in [1.807, 2.05) is 11.8 Å². The predicted octanol–water partition coefficient (Wildman–Crippen LogP) is 1.17. The van der Waals surface area contributed by atoms with Crippen LogP contribution in [0.25, 0.3) is 0 Å². The van der Waals surface area contributed by atoms with Gasteiger partial charge in [-0.25, -0.2) is 0 Å². The van der Waals surface area contributed by atoms with Gasteiger partial charge in [0.2, 0.25) is 5.91 Å². The molecule has 0 aromatic carbocycles. The monoisotopic (exact) mass is 262 g/mol. The minimum atomic E-state index is 0. The SMILES string of the molecule is CC1CN(C(=O)C2CCCC(N)C2)CCO1.Cl. The molecule has 1 saturated heterocycles. The fourth-order valence-corrected chi connectivity index (χ4v) is 2.73. The standard InChI is InChI=1S/C12H22N2O2.ClH/c1-9-8-14(5-6-16-9)12(15)10-3-2-4-11(13)7-10;/h9-11H,2-8,13H2,1H3;1H. The van der Waals surface area contributed by atoms with Crippen molar-refractivity contribution in [3.8, 4) is 0 Å². The molecule has 1 amide bonds. The molecule has 4 nitrogen and oxygen atoms in total. The first kappa shape index (κ1) is 14.7. The fourth-order valence-electron chi connectivity index (χ4n) is 2.73. The summed E-state index contributed by atoms with van der Waals surface area (Å²) in [5.74, 6) is 0.458. The van der Waals surface area contributed by atoms with E-state index in [4.69, 9.17) is 10.5 Å². The minimum Gasteiger partial charge on any atom is -0.375 e. The molecule has 100 valence electrons. The summed E-state index contributed by atoms with van der Waals surface area (Å²) < 4.78 is 5.45. The Hall–Kier alpha value is -0.320. The zero-order chi connectivity index (χ0) is 11.5. The number of rotatable bonds is 1. The topological polar surface area (TPSA) is 55.6 Å². The lowest BCUT2D eigenvalue weighted by atomic mass is 9.85. The van der Waals surface area contributed by atoms with E-state index in [2.05, 4.69) is 0 Å². The normalized spacial score (nSPS) is 34.0. The highest BCUT2D eigenvalue weighted by atomic mass is 35.5. The average Bonchev–Trinajstić information content (AvgIpc) is 2.28. The molecule has 2 rings (SSSR count). The number of morpholine rings is 1. The van der Waals surface area contributed by atoms with Crippen LogP contribution in [0.5, 0.6) is 0 Å². The lowest BCUT2D eigenvalue weighted by Gasteiger charge is -2.35. The van der Waals surface area contributed by atoms with Gasteiger partial charge in [-0.2, -0.15) is 0 Å². The van der Waals surface area contributed by atoms with Gasteiger partial charge in [-0.15, -0.1) is 12.4 Å². The number of nitrogens with zero attached hydrogens (tertiary/aromatic N) is 1. The minimum absolute atomic E-state index is 0. The summed E-state index contributed by atoms with van der Waals surface area (Å²) in [6, 6.07) is 0.223. The van der Waals surface area contributed by atoms with Crippen LogP contribution in [0.2, 0.25) is 0 Å². The van der Waals surface area contributed by atoms with Gasteiger partial charge < -0.3 is 15.4 Å². The van der Waals surface area contributed by atoms with Crippen molar-refractivity contribution < 1.29 is 9.53 Å². The van der Waals surface area contributed by atoms with Crippen LogP contribution < -0.4 is 5.73 Å². The van der Waals surface area contributed by atoms with E-state index in [0.717, 1.165) is 38.8 Å². The zero-order valence-corrected chi connectivity index (χ0v) is 11.2. The second kappa shape index (κ2) is 6.57. The number of hydrogen-bond acceptors (Lipinski definition) is 3. The van der Waals surface area contributed by atoms with Crippen molar-refractivity contribution in [3.05, 3.63) is 0 Å². The van der Waals surface area contributed by atoms with Gasteiger partial charge in [0.25, 0.3) is 0 Å². The number of carbonyl (C=O) groups excluding carboxylic acids is 1. The van der Waals surface area contributed by atoms with E-state index >= 15 is 0 Å². The van der Waals surface area contributed by atoms with Gasteiger partial charge in [-0.3, -0.25) is 4.79 Å². The Bertz CT molecular complexity index is 239. The molecule has 1 heterocycles. The highest BCUT2D eigenvalue weighted by Crippen LogP contribution is 2.25. The third-order valence-electron chi connectivity index (χ3n) is 3.62. The van der Waals surface area contributed by atoms with Gasteiger partial charge in [0.05, 0.1) is 12.7 Å². The van der Waals surface area contributed by atoms with Crippen LogP contribution in [0.4, 0.5) is 0 Å². The smallest absolute Gasteiger partial charge is 0.225 e. The molecule has 3 unspecified atom stereocenters. The van der Waals surface area contributed by atoms with Crippen molar-refractivity contribution in [2.45, 2.75) is 44.8 Å². The van der Waals surface area contributed by atoms with Crippen LogP contribution in [0, 0.1) is 5.92 Å². The van der Waals surface area contributed by atoms with Crippen LogP contribution in [0.15, 0.2) is 0 Å². The molecule has 1 saturated carbocycles. The van der Waals surface area contributed by atoms with Crippen LogP contribution in [0.3, 0.4) is 0 Å². The number of nitrogens with two attached hydrogens (primary N) is 1. The first-order chi connectivity index (χ1) is 7.66.